The Labute approximate surface area is 392 Å². The molecule has 7 atom stereocenters. The lowest BCUT2D eigenvalue weighted by Gasteiger charge is -2.49. The zero-order valence-corrected chi connectivity index (χ0v) is 40.8. The maximum Gasteiger partial charge on any atom is 0.281 e. The van der Waals surface area contributed by atoms with E-state index in [1.165, 1.54) is 38.4 Å². The van der Waals surface area contributed by atoms with Crippen LogP contribution in [0.4, 0.5) is 11.4 Å². The number of fused-ring (bicyclic) bond motifs is 7. The third-order valence-electron chi connectivity index (χ3n) is 14.7. The summed E-state index contributed by atoms with van der Waals surface area (Å²) in [6.07, 6.45) is 6.75. The number of aryl methyl sites for hydroxylation is 2. The number of nitrogens with one attached hydrogen (secondary N) is 2. The minimum Gasteiger partial charge on any atom is -0.349 e. The Morgan fingerprint density at radius 1 is 0.985 bits per heavy atom. The van der Waals surface area contributed by atoms with E-state index in [2.05, 4.69) is 123 Å². The zero-order chi connectivity index (χ0) is 46.1. The highest BCUT2D eigenvalue weighted by Gasteiger charge is 2.72. The lowest BCUT2D eigenvalue weighted by Crippen LogP contribution is -2.71. The van der Waals surface area contributed by atoms with Gasteiger partial charge < -0.3 is 30.1 Å². The van der Waals surface area contributed by atoms with Gasteiger partial charge in [0.2, 0.25) is 17.5 Å². The van der Waals surface area contributed by atoms with Gasteiger partial charge >= 0.3 is 0 Å². The minimum atomic E-state index is -2.01. The topological polar surface area (TPSA) is 125 Å². The summed E-state index contributed by atoms with van der Waals surface area (Å²) in [7, 11) is 6.33. The highest BCUT2D eigenvalue weighted by Crippen LogP contribution is 2.49. The molecule has 13 heteroatoms. The van der Waals surface area contributed by atoms with E-state index in [1.54, 1.807) is 18.7 Å². The molecule has 10 rings (SSSR count). The van der Waals surface area contributed by atoms with E-state index in [0.29, 0.717) is 31.8 Å². The molecule has 5 aliphatic heterocycles. The average molecular weight is 949 g/mol. The summed E-state index contributed by atoms with van der Waals surface area (Å²) < 4.78 is 7.43. The Morgan fingerprint density at radius 3 is 2.31 bits per heavy atom. The monoisotopic (exact) mass is 947 g/mol. The number of aliphatic hydroxyl groups is 1. The van der Waals surface area contributed by atoms with Gasteiger partial charge in [-0.15, -0.1) is 0 Å². The number of aromatic amines is 1. The summed E-state index contributed by atoms with van der Waals surface area (Å²) in [6, 6.07) is 22.5. The molecule has 0 bridgehead atoms. The Hall–Kier alpha value is -4.53. The van der Waals surface area contributed by atoms with Gasteiger partial charge in [-0.2, -0.15) is 0 Å². The first kappa shape index (κ1) is 45.6. The largest absolute Gasteiger partial charge is 0.349 e. The van der Waals surface area contributed by atoms with Crippen LogP contribution in [0.15, 0.2) is 77.4 Å². The number of amides is 3. The molecule has 1 aromatic heterocycles. The van der Waals surface area contributed by atoms with E-state index in [9.17, 15) is 19.5 Å². The molecule has 3 amide bonds. The highest BCUT2D eigenvalue weighted by molar-refractivity contribution is 9.10. The van der Waals surface area contributed by atoms with Crippen LogP contribution in [-0.2, 0) is 38.4 Å². The molecule has 6 aliphatic rings. The predicted octanol–water partition coefficient (Wildman–Crippen LogP) is 7.31. The van der Waals surface area contributed by atoms with Gasteiger partial charge in [0.1, 0.15) is 12.1 Å². The molecule has 1 unspecified atom stereocenters. The Kier molecular flexibility index (Phi) is 12.4. The molecule has 1 aliphatic carbocycles. The number of anilines is 2. The summed E-state index contributed by atoms with van der Waals surface area (Å²) in [5.41, 5.74) is 8.39. The first-order chi connectivity index (χ1) is 31.0. The first-order valence-corrected chi connectivity index (χ1v) is 24.5. The van der Waals surface area contributed by atoms with Crippen LogP contribution in [0.5, 0.6) is 0 Å². The SMILES string of the molecule is CC(C)C[C@H]1C(=O)N2CCC[C@H]2[C@]2(O)O[C@](NC(=O)[C@@H]3C=C4c5cccc6[nH]c(Br)c(c56)C[C@H]4N(C)C3)(C(C)C)C(=O)N12.CC(CN(C)C)CN1c2ccccc2CCc2ccccc21. The summed E-state index contributed by atoms with van der Waals surface area (Å²) in [6.45, 7) is 13.1. The molecule has 3 N–H and O–H groups in total. The van der Waals surface area contributed by atoms with Crippen molar-refractivity contribution in [1.82, 2.24) is 29.9 Å². The number of benzene rings is 3. The van der Waals surface area contributed by atoms with Gasteiger partial charge in [0, 0.05) is 60.4 Å². The van der Waals surface area contributed by atoms with Crippen LogP contribution < -0.4 is 10.2 Å². The molecular weight excluding hydrogens is 883 g/mol. The van der Waals surface area contributed by atoms with Gasteiger partial charge in [0.25, 0.3) is 11.8 Å². The number of halogens is 1. The van der Waals surface area contributed by atoms with Crippen molar-refractivity contribution in [3.8, 4) is 0 Å². The van der Waals surface area contributed by atoms with Crippen LogP contribution in [-0.4, -0.2) is 124 Å². The second kappa shape index (κ2) is 17.6. The molecule has 6 heterocycles. The number of hydrogen-bond donors (Lipinski definition) is 3. The van der Waals surface area contributed by atoms with Crippen LogP contribution in [0.1, 0.15) is 76.1 Å². The summed E-state index contributed by atoms with van der Waals surface area (Å²) in [5.74, 6) is -3.40. The van der Waals surface area contributed by atoms with E-state index in [0.717, 1.165) is 60.0 Å². The number of likely N-dealkylation sites (N-methyl/N-ethyl adjacent to an activating group) is 1. The molecule has 0 saturated carbocycles. The average Bonchev–Trinajstić information content (AvgIpc) is 3.92. The van der Waals surface area contributed by atoms with Crippen LogP contribution in [0.2, 0.25) is 0 Å². The van der Waals surface area contributed by atoms with E-state index in [1.807, 2.05) is 33.0 Å². The van der Waals surface area contributed by atoms with Crippen molar-refractivity contribution >= 4 is 61.5 Å². The molecule has 0 radical (unpaired) electrons. The number of nitrogens with zero attached hydrogens (tertiary/aromatic N) is 5. The third kappa shape index (κ3) is 7.92. The number of carbonyl (C=O) groups is 3. The first-order valence-electron chi connectivity index (χ1n) is 23.7. The standard InChI is InChI=1S/C32H40BrN5O5.C20H26N2/c1-16(2)12-24-29(40)37-11-7-10-25(37)32(42)38(24)30(41)31(43-32,17(3)4)35-28(39)18-13-20-19-8-6-9-22-26(19)21(27(33)34-22)14-23(20)36(5)15-18;1-16(14-21(2)3)15-22-19-10-6-4-8-17(19)12-13-18-9-5-7-11-20(18)22/h6,8-9,13,16-18,23-25,34,42H,7,10-12,14-15H2,1-5H3,(H,35,39);4-11,16H,12-15H2,1-3H3/t18-,23-,24+,25+,31-,32+;/m1./s1. The molecule has 346 valence electrons. The highest BCUT2D eigenvalue weighted by atomic mass is 79.9. The molecule has 3 aromatic carbocycles. The second-order valence-corrected chi connectivity index (χ2v) is 21.2. The van der Waals surface area contributed by atoms with E-state index in [-0.39, 0.29) is 23.8 Å². The van der Waals surface area contributed by atoms with E-state index in [4.69, 9.17) is 4.74 Å². The number of hydrogen-bond acceptors (Lipinski definition) is 8. The molecule has 4 aromatic rings. The summed E-state index contributed by atoms with van der Waals surface area (Å²) in [4.78, 5) is 55.6. The number of H-pyrrole nitrogens is 1. The van der Waals surface area contributed by atoms with Crippen molar-refractivity contribution in [2.24, 2.45) is 23.7 Å². The molecular formula is C52H66BrN7O5. The predicted molar refractivity (Wildman–Crippen MR) is 259 cm³/mol. The maximum atomic E-state index is 14.4. The Balaban J connectivity index is 0.000000203. The lowest BCUT2D eigenvalue weighted by atomic mass is 9.79. The number of carbonyl (C=O) groups excluding carboxylic acids is 3. The van der Waals surface area contributed by atoms with Crippen molar-refractivity contribution in [3.05, 3.63) is 99.7 Å². The van der Waals surface area contributed by atoms with Gasteiger partial charge in [-0.25, -0.2) is 0 Å². The van der Waals surface area contributed by atoms with Gasteiger partial charge in [-0.05, 0) is 133 Å². The zero-order valence-electron chi connectivity index (χ0n) is 39.2. The number of para-hydroxylation sites is 2. The molecule has 3 fully saturated rings. The van der Waals surface area contributed by atoms with Crippen molar-refractivity contribution < 1.29 is 24.2 Å². The number of piperazine rings is 1. The Bertz CT molecular complexity index is 2470. The molecule has 65 heavy (non-hydrogen) atoms. The van der Waals surface area contributed by atoms with Crippen LogP contribution >= 0.6 is 15.9 Å². The fourth-order valence-corrected chi connectivity index (χ4v) is 12.3. The van der Waals surface area contributed by atoms with Crippen molar-refractivity contribution in [1.29, 1.82) is 0 Å². The number of aromatic nitrogens is 1. The molecule has 0 spiro atoms. The third-order valence-corrected chi connectivity index (χ3v) is 15.3. The fourth-order valence-electron chi connectivity index (χ4n) is 11.7. The van der Waals surface area contributed by atoms with E-state index >= 15 is 0 Å². The summed E-state index contributed by atoms with van der Waals surface area (Å²) in [5, 5.41) is 16.3. The van der Waals surface area contributed by atoms with Gasteiger partial charge in [-0.1, -0.05) is 89.2 Å². The lowest BCUT2D eigenvalue weighted by molar-refractivity contribution is -0.322. The van der Waals surface area contributed by atoms with Crippen molar-refractivity contribution in [2.45, 2.75) is 103 Å². The maximum absolute atomic E-state index is 14.4. The van der Waals surface area contributed by atoms with Gasteiger partial charge in [-0.3, -0.25) is 28.9 Å². The van der Waals surface area contributed by atoms with Crippen LogP contribution in [0.3, 0.4) is 0 Å². The quantitative estimate of drug-likeness (QED) is 0.160. The Morgan fingerprint density at radius 2 is 1.66 bits per heavy atom. The van der Waals surface area contributed by atoms with Crippen LogP contribution in [0, 0.1) is 23.7 Å². The van der Waals surface area contributed by atoms with Gasteiger partial charge in [0.05, 0.1) is 10.5 Å². The van der Waals surface area contributed by atoms with Crippen molar-refractivity contribution in [3.63, 3.8) is 0 Å². The van der Waals surface area contributed by atoms with E-state index < -0.39 is 41.5 Å². The smallest absolute Gasteiger partial charge is 0.281 e. The summed E-state index contributed by atoms with van der Waals surface area (Å²) >= 11 is 3.70. The second-order valence-electron chi connectivity index (χ2n) is 20.4. The van der Waals surface area contributed by atoms with Gasteiger partial charge in [0.15, 0.2) is 0 Å². The number of ether oxygens (including phenoxy) is 1. The van der Waals surface area contributed by atoms with Crippen molar-refractivity contribution in [2.75, 3.05) is 52.2 Å². The molecule has 12 nitrogen and oxygen atoms in total. The van der Waals surface area contributed by atoms with Crippen LogP contribution in [0.25, 0.3) is 16.5 Å². The molecule has 3 saturated heterocycles. The number of rotatable bonds is 9. The minimum absolute atomic E-state index is 0.104. The fraction of sp³-hybridized carbons (Fsp3) is 0.519. The normalized spacial score (nSPS) is 27.5.